The molecule has 0 amide bonds. The SMILES string of the molecule is Cc1cc(C)c(OC=CCc2ccccc2)c(C)c1. The lowest BCUT2D eigenvalue weighted by Crippen LogP contribution is -1.92. The predicted octanol–water partition coefficient (Wildman–Crippen LogP) is 4.75. The van der Waals surface area contributed by atoms with Crippen LogP contribution in [-0.4, -0.2) is 0 Å². The van der Waals surface area contributed by atoms with E-state index in [0.717, 1.165) is 12.2 Å². The van der Waals surface area contributed by atoms with Crippen LogP contribution >= 0.6 is 0 Å². The van der Waals surface area contributed by atoms with Gasteiger partial charge in [-0.2, -0.15) is 0 Å². The van der Waals surface area contributed by atoms with Crippen LogP contribution in [0.25, 0.3) is 0 Å². The molecule has 0 N–H and O–H groups in total. The van der Waals surface area contributed by atoms with Crippen LogP contribution in [0.2, 0.25) is 0 Å². The first kappa shape index (κ1) is 13.4. The highest BCUT2D eigenvalue weighted by Crippen LogP contribution is 2.24. The van der Waals surface area contributed by atoms with Crippen LogP contribution in [-0.2, 0) is 6.42 Å². The molecule has 0 aromatic heterocycles. The molecular weight excluding hydrogens is 232 g/mol. The number of benzene rings is 2. The Morgan fingerprint density at radius 2 is 1.58 bits per heavy atom. The van der Waals surface area contributed by atoms with E-state index >= 15 is 0 Å². The zero-order chi connectivity index (χ0) is 13.7. The molecule has 2 rings (SSSR count). The first-order chi connectivity index (χ1) is 9.16. The predicted molar refractivity (Wildman–Crippen MR) is 80.6 cm³/mol. The molecule has 19 heavy (non-hydrogen) atoms. The highest BCUT2D eigenvalue weighted by molar-refractivity contribution is 5.43. The molecule has 98 valence electrons. The minimum absolute atomic E-state index is 0.894. The summed E-state index contributed by atoms with van der Waals surface area (Å²) in [6.45, 7) is 6.27. The van der Waals surface area contributed by atoms with E-state index in [2.05, 4.69) is 57.2 Å². The average Bonchev–Trinajstić information content (AvgIpc) is 2.38. The summed E-state index contributed by atoms with van der Waals surface area (Å²) in [6, 6.07) is 14.7. The molecule has 0 aliphatic heterocycles. The lowest BCUT2D eigenvalue weighted by molar-refractivity contribution is 0.471. The van der Waals surface area contributed by atoms with Crippen molar-refractivity contribution in [2.75, 3.05) is 0 Å². The fraction of sp³-hybridized carbons (Fsp3) is 0.222. The van der Waals surface area contributed by atoms with Gasteiger partial charge in [0.25, 0.3) is 0 Å². The van der Waals surface area contributed by atoms with Crippen molar-refractivity contribution in [2.24, 2.45) is 0 Å². The van der Waals surface area contributed by atoms with Crippen molar-refractivity contribution in [3.8, 4) is 5.75 Å². The molecule has 0 saturated carbocycles. The maximum atomic E-state index is 5.76. The van der Waals surface area contributed by atoms with Gasteiger partial charge in [-0.15, -0.1) is 0 Å². The molecule has 2 aromatic carbocycles. The van der Waals surface area contributed by atoms with Crippen LogP contribution in [0.15, 0.2) is 54.8 Å². The molecule has 0 saturated heterocycles. The Hall–Kier alpha value is -2.02. The second-order valence-electron chi connectivity index (χ2n) is 4.91. The van der Waals surface area contributed by atoms with Gasteiger partial charge in [0.05, 0.1) is 6.26 Å². The molecule has 0 fully saturated rings. The van der Waals surface area contributed by atoms with E-state index in [9.17, 15) is 0 Å². The molecule has 0 spiro atoms. The number of allylic oxidation sites excluding steroid dienone is 1. The first-order valence-corrected chi connectivity index (χ1v) is 6.60. The van der Waals surface area contributed by atoms with Gasteiger partial charge >= 0.3 is 0 Å². The molecule has 1 heteroatoms. The van der Waals surface area contributed by atoms with Crippen molar-refractivity contribution >= 4 is 0 Å². The third kappa shape index (κ3) is 3.72. The van der Waals surface area contributed by atoms with E-state index in [-0.39, 0.29) is 0 Å². The largest absolute Gasteiger partial charge is 0.465 e. The van der Waals surface area contributed by atoms with Gasteiger partial charge in [-0.05, 0) is 50.0 Å². The van der Waals surface area contributed by atoms with E-state index in [1.165, 1.54) is 22.3 Å². The highest BCUT2D eigenvalue weighted by Gasteiger charge is 2.03. The molecule has 0 heterocycles. The normalized spacial score (nSPS) is 10.9. The summed E-state index contributed by atoms with van der Waals surface area (Å²) < 4.78 is 5.76. The van der Waals surface area contributed by atoms with Crippen LogP contribution in [0.5, 0.6) is 5.75 Å². The summed E-state index contributed by atoms with van der Waals surface area (Å²) in [4.78, 5) is 0. The summed E-state index contributed by atoms with van der Waals surface area (Å²) in [7, 11) is 0. The van der Waals surface area contributed by atoms with Crippen molar-refractivity contribution in [2.45, 2.75) is 27.2 Å². The van der Waals surface area contributed by atoms with Crippen LogP contribution in [0.4, 0.5) is 0 Å². The van der Waals surface area contributed by atoms with Gasteiger partial charge in [-0.3, -0.25) is 0 Å². The Balaban J connectivity index is 1.99. The third-order valence-corrected chi connectivity index (χ3v) is 3.08. The summed E-state index contributed by atoms with van der Waals surface area (Å²) in [5.41, 5.74) is 4.93. The Labute approximate surface area is 115 Å². The van der Waals surface area contributed by atoms with Crippen LogP contribution in [0.3, 0.4) is 0 Å². The monoisotopic (exact) mass is 252 g/mol. The molecule has 0 bridgehead atoms. The zero-order valence-corrected chi connectivity index (χ0v) is 11.8. The third-order valence-electron chi connectivity index (χ3n) is 3.08. The van der Waals surface area contributed by atoms with Gasteiger partial charge in [-0.1, -0.05) is 48.0 Å². The first-order valence-electron chi connectivity index (χ1n) is 6.60. The van der Waals surface area contributed by atoms with Gasteiger partial charge in [0.1, 0.15) is 5.75 Å². The summed E-state index contributed by atoms with van der Waals surface area (Å²) in [5, 5.41) is 0. The number of rotatable bonds is 4. The van der Waals surface area contributed by atoms with Crippen LogP contribution in [0.1, 0.15) is 22.3 Å². The minimum atomic E-state index is 0.894. The van der Waals surface area contributed by atoms with E-state index in [1.807, 2.05) is 12.1 Å². The maximum Gasteiger partial charge on any atom is 0.132 e. The van der Waals surface area contributed by atoms with E-state index in [0.29, 0.717) is 0 Å². The lowest BCUT2D eigenvalue weighted by Gasteiger charge is -2.09. The Bertz CT molecular complexity index is 544. The summed E-state index contributed by atoms with van der Waals surface area (Å²) in [6.07, 6.45) is 4.73. The highest BCUT2D eigenvalue weighted by atomic mass is 16.5. The van der Waals surface area contributed by atoms with Crippen molar-refractivity contribution in [1.82, 2.24) is 0 Å². The lowest BCUT2D eigenvalue weighted by atomic mass is 10.1. The quantitative estimate of drug-likeness (QED) is 0.714. The fourth-order valence-corrected chi connectivity index (χ4v) is 2.27. The van der Waals surface area contributed by atoms with E-state index in [1.54, 1.807) is 6.26 Å². The van der Waals surface area contributed by atoms with Crippen molar-refractivity contribution < 1.29 is 4.74 Å². The summed E-state index contributed by atoms with van der Waals surface area (Å²) in [5.74, 6) is 0.968. The molecule has 0 aliphatic carbocycles. The van der Waals surface area contributed by atoms with Gasteiger partial charge in [0.15, 0.2) is 0 Å². The average molecular weight is 252 g/mol. The molecule has 0 radical (unpaired) electrons. The number of hydrogen-bond acceptors (Lipinski definition) is 1. The number of ether oxygens (including phenoxy) is 1. The van der Waals surface area contributed by atoms with Gasteiger partial charge in [-0.25, -0.2) is 0 Å². The Morgan fingerprint density at radius 1 is 0.947 bits per heavy atom. The fourth-order valence-electron chi connectivity index (χ4n) is 2.27. The van der Waals surface area contributed by atoms with Crippen LogP contribution < -0.4 is 4.74 Å². The molecule has 0 aliphatic rings. The minimum Gasteiger partial charge on any atom is -0.465 e. The van der Waals surface area contributed by atoms with Crippen molar-refractivity contribution in [3.05, 3.63) is 77.1 Å². The zero-order valence-electron chi connectivity index (χ0n) is 11.8. The molecule has 0 unspecified atom stereocenters. The number of aryl methyl sites for hydroxylation is 3. The van der Waals surface area contributed by atoms with Crippen molar-refractivity contribution in [1.29, 1.82) is 0 Å². The molecular formula is C18H20O. The summed E-state index contributed by atoms with van der Waals surface area (Å²) >= 11 is 0. The Kier molecular flexibility index (Phi) is 4.40. The number of hydrogen-bond donors (Lipinski definition) is 0. The standard InChI is InChI=1S/C18H20O/c1-14-12-15(2)18(16(3)13-14)19-11-7-10-17-8-5-4-6-9-17/h4-9,11-13H,10H2,1-3H3. The smallest absolute Gasteiger partial charge is 0.132 e. The van der Waals surface area contributed by atoms with Gasteiger partial charge < -0.3 is 4.74 Å². The van der Waals surface area contributed by atoms with Gasteiger partial charge in [0.2, 0.25) is 0 Å². The Morgan fingerprint density at radius 3 is 2.21 bits per heavy atom. The second-order valence-corrected chi connectivity index (χ2v) is 4.91. The van der Waals surface area contributed by atoms with E-state index < -0.39 is 0 Å². The molecule has 0 atom stereocenters. The molecule has 1 nitrogen and oxygen atoms in total. The van der Waals surface area contributed by atoms with Gasteiger partial charge in [0, 0.05) is 0 Å². The van der Waals surface area contributed by atoms with Crippen LogP contribution in [0, 0.1) is 20.8 Å². The topological polar surface area (TPSA) is 9.23 Å². The van der Waals surface area contributed by atoms with Crippen molar-refractivity contribution in [3.63, 3.8) is 0 Å². The second kappa shape index (κ2) is 6.24. The van der Waals surface area contributed by atoms with E-state index in [4.69, 9.17) is 4.74 Å². The molecule has 2 aromatic rings. The maximum absolute atomic E-state index is 5.76.